The molecule has 0 saturated heterocycles. The summed E-state index contributed by atoms with van der Waals surface area (Å²) in [5.41, 5.74) is 1.21. The molecule has 0 saturated carbocycles. The zero-order chi connectivity index (χ0) is 16.8. The van der Waals surface area contributed by atoms with Crippen LogP contribution in [0.3, 0.4) is 0 Å². The van der Waals surface area contributed by atoms with Crippen molar-refractivity contribution in [1.82, 2.24) is 19.6 Å². The van der Waals surface area contributed by atoms with Crippen molar-refractivity contribution in [1.29, 1.82) is 0 Å². The second kappa shape index (κ2) is 5.48. The average Bonchev–Trinajstić information content (AvgIpc) is 2.99. The minimum Gasteiger partial charge on any atom is -0.372 e. The van der Waals surface area contributed by atoms with Gasteiger partial charge in [-0.1, -0.05) is 28.1 Å². The Morgan fingerprint density at radius 3 is 2.62 bits per heavy atom. The van der Waals surface area contributed by atoms with Gasteiger partial charge in [-0.05, 0) is 18.2 Å². The quantitative estimate of drug-likeness (QED) is 0.562. The molecule has 0 fully saturated rings. The van der Waals surface area contributed by atoms with Crippen LogP contribution in [0.4, 0.5) is 14.6 Å². The molecule has 0 bridgehead atoms. The van der Waals surface area contributed by atoms with Crippen molar-refractivity contribution in [3.63, 3.8) is 0 Å². The van der Waals surface area contributed by atoms with Gasteiger partial charge >= 0.3 is 0 Å². The minimum absolute atomic E-state index is 0.299. The van der Waals surface area contributed by atoms with Crippen LogP contribution >= 0.6 is 15.9 Å². The standard InChI is InChI=1S/C16H10BrF2N5/c1-20-14-10-6-11(18)12(19)7-13(10)24-15(22-23-16(24)21-14)8-3-2-4-9(17)5-8/h2-7H,1H3,(H,20,21,23). The van der Waals surface area contributed by atoms with E-state index >= 15 is 0 Å². The topological polar surface area (TPSA) is 55.1 Å². The van der Waals surface area contributed by atoms with Crippen LogP contribution in [0.25, 0.3) is 28.1 Å². The van der Waals surface area contributed by atoms with Crippen molar-refractivity contribution in [2.24, 2.45) is 0 Å². The lowest BCUT2D eigenvalue weighted by Gasteiger charge is -2.09. The Hall–Kier alpha value is -2.61. The third-order valence-corrected chi connectivity index (χ3v) is 4.21. The first kappa shape index (κ1) is 14.9. The molecule has 2 aromatic carbocycles. The highest BCUT2D eigenvalue weighted by molar-refractivity contribution is 9.10. The van der Waals surface area contributed by atoms with Gasteiger partial charge in [0.15, 0.2) is 17.5 Å². The van der Waals surface area contributed by atoms with E-state index in [0.29, 0.717) is 28.3 Å². The van der Waals surface area contributed by atoms with Gasteiger partial charge in [0, 0.05) is 28.5 Å². The number of aromatic nitrogens is 4. The highest BCUT2D eigenvalue weighted by atomic mass is 79.9. The first-order valence-electron chi connectivity index (χ1n) is 7.06. The van der Waals surface area contributed by atoms with Gasteiger partial charge in [-0.15, -0.1) is 10.2 Å². The molecule has 24 heavy (non-hydrogen) atoms. The molecule has 2 aromatic heterocycles. The maximum atomic E-state index is 13.8. The number of nitrogens with one attached hydrogen (secondary N) is 1. The SMILES string of the molecule is CNc1nc2nnc(-c3cccc(Br)c3)n2c2cc(F)c(F)cc12. The maximum Gasteiger partial charge on any atom is 0.257 e. The number of halogens is 3. The van der Waals surface area contributed by atoms with E-state index < -0.39 is 11.6 Å². The number of fused-ring (bicyclic) bond motifs is 3. The Bertz CT molecular complexity index is 1090. The van der Waals surface area contributed by atoms with Gasteiger partial charge in [-0.3, -0.25) is 4.40 Å². The molecule has 0 aliphatic heterocycles. The molecule has 0 unspecified atom stereocenters. The molecule has 120 valence electrons. The van der Waals surface area contributed by atoms with E-state index in [2.05, 4.69) is 36.4 Å². The summed E-state index contributed by atoms with van der Waals surface area (Å²) in [5.74, 6) is -0.668. The Balaban J connectivity index is 2.15. The first-order chi connectivity index (χ1) is 11.6. The fourth-order valence-electron chi connectivity index (χ4n) is 2.65. The number of rotatable bonds is 2. The summed E-state index contributed by atoms with van der Waals surface area (Å²) in [6.45, 7) is 0. The van der Waals surface area contributed by atoms with Gasteiger partial charge in [0.1, 0.15) is 5.82 Å². The molecular formula is C16H10BrF2N5. The predicted octanol–water partition coefficient (Wildman–Crippen LogP) is 4.03. The average molecular weight is 390 g/mol. The number of benzene rings is 2. The van der Waals surface area contributed by atoms with Gasteiger partial charge < -0.3 is 5.32 Å². The van der Waals surface area contributed by atoms with Crippen molar-refractivity contribution in [2.45, 2.75) is 0 Å². The predicted molar refractivity (Wildman–Crippen MR) is 90.9 cm³/mol. The second-order valence-corrected chi connectivity index (χ2v) is 6.08. The van der Waals surface area contributed by atoms with Crippen LogP contribution in [0.5, 0.6) is 0 Å². The van der Waals surface area contributed by atoms with Crippen LogP contribution in [0.1, 0.15) is 0 Å². The third kappa shape index (κ3) is 2.22. The summed E-state index contributed by atoms with van der Waals surface area (Å²) in [6, 6.07) is 9.72. The summed E-state index contributed by atoms with van der Waals surface area (Å²) in [4.78, 5) is 4.34. The molecular weight excluding hydrogens is 380 g/mol. The zero-order valence-electron chi connectivity index (χ0n) is 12.4. The smallest absolute Gasteiger partial charge is 0.257 e. The summed E-state index contributed by atoms with van der Waals surface area (Å²) in [5, 5.41) is 11.6. The van der Waals surface area contributed by atoms with Crippen molar-refractivity contribution in [3.8, 4) is 11.4 Å². The Morgan fingerprint density at radius 2 is 1.88 bits per heavy atom. The Labute approximate surface area is 143 Å². The summed E-state index contributed by atoms with van der Waals surface area (Å²) in [7, 11) is 1.66. The molecule has 5 nitrogen and oxygen atoms in total. The van der Waals surface area contributed by atoms with E-state index in [1.165, 1.54) is 0 Å². The molecule has 8 heteroatoms. The molecule has 1 N–H and O–H groups in total. The number of hydrogen-bond donors (Lipinski definition) is 1. The first-order valence-corrected chi connectivity index (χ1v) is 7.85. The Morgan fingerprint density at radius 1 is 1.08 bits per heavy atom. The van der Waals surface area contributed by atoms with E-state index in [-0.39, 0.29) is 0 Å². The van der Waals surface area contributed by atoms with Gasteiger partial charge in [-0.25, -0.2) is 8.78 Å². The van der Waals surface area contributed by atoms with Crippen molar-refractivity contribution in [2.75, 3.05) is 12.4 Å². The molecule has 0 aliphatic carbocycles. The third-order valence-electron chi connectivity index (χ3n) is 3.71. The second-order valence-electron chi connectivity index (χ2n) is 5.16. The normalized spacial score (nSPS) is 11.3. The molecule has 4 rings (SSSR count). The number of nitrogens with zero attached hydrogens (tertiary/aromatic N) is 4. The monoisotopic (exact) mass is 389 g/mol. The van der Waals surface area contributed by atoms with Gasteiger partial charge in [0.25, 0.3) is 5.78 Å². The van der Waals surface area contributed by atoms with E-state index in [1.54, 1.807) is 11.4 Å². The van der Waals surface area contributed by atoms with E-state index in [0.717, 1.165) is 22.2 Å². The molecule has 2 heterocycles. The van der Waals surface area contributed by atoms with Crippen LogP contribution in [0.2, 0.25) is 0 Å². The molecule has 0 aliphatic rings. The lowest BCUT2D eigenvalue weighted by atomic mass is 10.2. The van der Waals surface area contributed by atoms with Crippen LogP contribution in [0, 0.1) is 11.6 Å². The lowest BCUT2D eigenvalue weighted by molar-refractivity contribution is 0.510. The fourth-order valence-corrected chi connectivity index (χ4v) is 3.05. The van der Waals surface area contributed by atoms with Gasteiger partial charge in [-0.2, -0.15) is 4.98 Å². The van der Waals surface area contributed by atoms with Crippen molar-refractivity contribution in [3.05, 3.63) is 52.5 Å². The maximum absolute atomic E-state index is 13.8. The van der Waals surface area contributed by atoms with E-state index in [9.17, 15) is 8.78 Å². The van der Waals surface area contributed by atoms with Crippen LogP contribution in [-0.4, -0.2) is 26.6 Å². The summed E-state index contributed by atoms with van der Waals surface area (Å²) < 4.78 is 30.0. The van der Waals surface area contributed by atoms with Crippen molar-refractivity contribution < 1.29 is 8.78 Å². The van der Waals surface area contributed by atoms with Gasteiger partial charge in [0.05, 0.1) is 5.52 Å². The molecule has 0 spiro atoms. The largest absolute Gasteiger partial charge is 0.372 e. The highest BCUT2D eigenvalue weighted by Gasteiger charge is 2.17. The van der Waals surface area contributed by atoms with E-state index in [4.69, 9.17) is 0 Å². The lowest BCUT2D eigenvalue weighted by Crippen LogP contribution is -2.02. The van der Waals surface area contributed by atoms with Crippen LogP contribution in [0.15, 0.2) is 40.9 Å². The minimum atomic E-state index is -0.939. The Kier molecular flexibility index (Phi) is 3.42. The summed E-state index contributed by atoms with van der Waals surface area (Å²) in [6.07, 6.45) is 0. The van der Waals surface area contributed by atoms with Crippen LogP contribution in [-0.2, 0) is 0 Å². The van der Waals surface area contributed by atoms with Gasteiger partial charge in [0.2, 0.25) is 0 Å². The molecule has 0 atom stereocenters. The van der Waals surface area contributed by atoms with Crippen LogP contribution < -0.4 is 5.32 Å². The van der Waals surface area contributed by atoms with Crippen molar-refractivity contribution >= 4 is 38.4 Å². The zero-order valence-corrected chi connectivity index (χ0v) is 14.0. The molecule has 4 aromatic rings. The number of anilines is 1. The highest BCUT2D eigenvalue weighted by Crippen LogP contribution is 2.29. The van der Waals surface area contributed by atoms with E-state index in [1.807, 2.05) is 24.3 Å². The fraction of sp³-hybridized carbons (Fsp3) is 0.0625. The number of hydrogen-bond acceptors (Lipinski definition) is 4. The molecule has 0 amide bonds. The molecule has 0 radical (unpaired) electrons. The summed E-state index contributed by atoms with van der Waals surface area (Å²) >= 11 is 3.41.